The fraction of sp³-hybridized carbons (Fsp3) is 0.571. The largest absolute Gasteiger partial charge is 0.478 e. The highest BCUT2D eigenvalue weighted by Crippen LogP contribution is 2.32. The molecule has 0 aliphatic heterocycles. The Morgan fingerprint density at radius 1 is 1.33 bits per heavy atom. The molecule has 4 N–H and O–H groups in total. The minimum Gasteiger partial charge on any atom is -0.478 e. The standard InChI is InChI=1S/C14H22N2O4S/c1-5-14(4,6-7-17)16-13(20)15-11-10(12(18)19)8(2)9(3)21-11/h17H,5-7H2,1-4H3,(H,18,19)(H2,15,16,20). The maximum Gasteiger partial charge on any atom is 0.338 e. The van der Waals surface area contributed by atoms with Crippen molar-refractivity contribution in [2.75, 3.05) is 11.9 Å². The summed E-state index contributed by atoms with van der Waals surface area (Å²) in [5.41, 5.74) is 0.272. The molecule has 0 saturated carbocycles. The quantitative estimate of drug-likeness (QED) is 0.649. The summed E-state index contributed by atoms with van der Waals surface area (Å²) in [6.07, 6.45) is 1.10. The lowest BCUT2D eigenvalue weighted by atomic mass is 9.95. The fourth-order valence-corrected chi connectivity index (χ4v) is 3.00. The predicted octanol–water partition coefficient (Wildman–Crippen LogP) is 2.74. The smallest absolute Gasteiger partial charge is 0.338 e. The van der Waals surface area contributed by atoms with E-state index in [9.17, 15) is 14.7 Å². The van der Waals surface area contributed by atoms with Crippen molar-refractivity contribution in [1.82, 2.24) is 5.32 Å². The van der Waals surface area contributed by atoms with Crippen molar-refractivity contribution in [2.24, 2.45) is 0 Å². The first-order valence-corrected chi connectivity index (χ1v) is 7.59. The number of nitrogens with one attached hydrogen (secondary N) is 2. The van der Waals surface area contributed by atoms with Gasteiger partial charge in [0.25, 0.3) is 0 Å². The fourth-order valence-electron chi connectivity index (χ4n) is 1.96. The number of aryl methyl sites for hydroxylation is 1. The van der Waals surface area contributed by atoms with Gasteiger partial charge in [0.15, 0.2) is 0 Å². The second kappa shape index (κ2) is 6.91. The average molecular weight is 314 g/mol. The lowest BCUT2D eigenvalue weighted by Gasteiger charge is -2.28. The molecule has 21 heavy (non-hydrogen) atoms. The van der Waals surface area contributed by atoms with E-state index in [-0.39, 0.29) is 12.2 Å². The van der Waals surface area contributed by atoms with E-state index in [2.05, 4.69) is 10.6 Å². The zero-order valence-electron chi connectivity index (χ0n) is 12.7. The number of carbonyl (C=O) groups excluding carboxylic acids is 1. The third-order valence-corrected chi connectivity index (χ3v) is 4.81. The van der Waals surface area contributed by atoms with Crippen molar-refractivity contribution in [3.05, 3.63) is 16.0 Å². The van der Waals surface area contributed by atoms with Crippen LogP contribution in [0.4, 0.5) is 9.80 Å². The van der Waals surface area contributed by atoms with E-state index in [1.807, 2.05) is 20.8 Å². The molecule has 7 heteroatoms. The topological polar surface area (TPSA) is 98.7 Å². The van der Waals surface area contributed by atoms with Crippen LogP contribution in [0.5, 0.6) is 0 Å². The Hall–Kier alpha value is -1.60. The van der Waals surface area contributed by atoms with Crippen LogP contribution < -0.4 is 10.6 Å². The number of aliphatic hydroxyl groups excluding tert-OH is 1. The maximum atomic E-state index is 12.1. The van der Waals surface area contributed by atoms with Crippen LogP contribution in [0.2, 0.25) is 0 Å². The number of urea groups is 1. The Morgan fingerprint density at radius 2 is 1.95 bits per heavy atom. The van der Waals surface area contributed by atoms with Crippen LogP contribution in [-0.2, 0) is 0 Å². The lowest BCUT2D eigenvalue weighted by Crippen LogP contribution is -2.48. The molecule has 0 aliphatic carbocycles. The van der Waals surface area contributed by atoms with E-state index in [0.717, 1.165) is 4.88 Å². The Morgan fingerprint density at radius 3 is 2.43 bits per heavy atom. The summed E-state index contributed by atoms with van der Waals surface area (Å²) in [6.45, 7) is 7.27. The number of carboxylic acids is 1. The molecule has 1 unspecified atom stereocenters. The normalized spacial score (nSPS) is 13.6. The van der Waals surface area contributed by atoms with Gasteiger partial charge < -0.3 is 15.5 Å². The van der Waals surface area contributed by atoms with Gasteiger partial charge >= 0.3 is 12.0 Å². The molecule has 0 radical (unpaired) electrons. The molecule has 0 saturated heterocycles. The Bertz CT molecular complexity index is 541. The number of carboxylic acid groups (broad SMARTS) is 1. The summed E-state index contributed by atoms with van der Waals surface area (Å²) < 4.78 is 0. The van der Waals surface area contributed by atoms with Gasteiger partial charge in [0, 0.05) is 17.0 Å². The first kappa shape index (κ1) is 17.5. The molecule has 1 rings (SSSR count). The zero-order valence-corrected chi connectivity index (χ0v) is 13.6. The van der Waals surface area contributed by atoms with Gasteiger partial charge in [0.05, 0.1) is 5.56 Å². The monoisotopic (exact) mass is 314 g/mol. The van der Waals surface area contributed by atoms with Crippen LogP contribution in [0.25, 0.3) is 0 Å². The Kier molecular flexibility index (Phi) is 5.74. The van der Waals surface area contributed by atoms with E-state index in [1.54, 1.807) is 6.92 Å². The van der Waals surface area contributed by atoms with Gasteiger partial charge in [-0.05, 0) is 39.2 Å². The minimum absolute atomic E-state index is 0.0256. The van der Waals surface area contributed by atoms with Gasteiger partial charge in [-0.25, -0.2) is 9.59 Å². The van der Waals surface area contributed by atoms with Gasteiger partial charge in [0.1, 0.15) is 5.00 Å². The van der Waals surface area contributed by atoms with Gasteiger partial charge in [-0.2, -0.15) is 0 Å². The molecule has 0 fully saturated rings. The second-order valence-corrected chi connectivity index (χ2v) is 6.48. The van der Waals surface area contributed by atoms with Crippen LogP contribution in [0.3, 0.4) is 0 Å². The summed E-state index contributed by atoms with van der Waals surface area (Å²) >= 11 is 1.24. The van der Waals surface area contributed by atoms with Gasteiger partial charge in [-0.1, -0.05) is 6.92 Å². The molecule has 1 aromatic rings. The van der Waals surface area contributed by atoms with Crippen LogP contribution in [-0.4, -0.2) is 34.4 Å². The minimum atomic E-state index is -1.05. The summed E-state index contributed by atoms with van der Waals surface area (Å²) in [7, 11) is 0. The van der Waals surface area contributed by atoms with Crippen molar-refractivity contribution in [2.45, 2.75) is 46.1 Å². The molecular weight excluding hydrogens is 292 g/mol. The van der Waals surface area contributed by atoms with E-state index < -0.39 is 17.5 Å². The molecular formula is C14H22N2O4S. The van der Waals surface area contributed by atoms with Gasteiger partial charge in [0.2, 0.25) is 0 Å². The molecule has 6 nitrogen and oxygen atoms in total. The molecule has 0 aliphatic rings. The summed E-state index contributed by atoms with van der Waals surface area (Å²) in [5.74, 6) is -1.05. The second-order valence-electron chi connectivity index (χ2n) is 5.26. The summed E-state index contributed by atoms with van der Waals surface area (Å²) in [5, 5.41) is 24.0. The van der Waals surface area contributed by atoms with E-state index >= 15 is 0 Å². The first-order chi connectivity index (χ1) is 9.74. The van der Waals surface area contributed by atoms with Crippen LogP contribution in [0.15, 0.2) is 0 Å². The third-order valence-electron chi connectivity index (χ3n) is 3.69. The highest BCUT2D eigenvalue weighted by Gasteiger charge is 2.25. The average Bonchev–Trinajstić information content (AvgIpc) is 2.64. The third kappa shape index (κ3) is 4.18. The van der Waals surface area contributed by atoms with E-state index in [4.69, 9.17) is 5.11 Å². The number of amides is 2. The number of aliphatic hydroxyl groups is 1. The Balaban J connectivity index is 2.89. The molecule has 0 spiro atoms. The van der Waals surface area contributed by atoms with Crippen molar-refractivity contribution in [3.8, 4) is 0 Å². The van der Waals surface area contributed by atoms with Crippen molar-refractivity contribution >= 4 is 28.3 Å². The first-order valence-electron chi connectivity index (χ1n) is 6.77. The van der Waals surface area contributed by atoms with Gasteiger partial charge in [-0.3, -0.25) is 5.32 Å². The van der Waals surface area contributed by atoms with E-state index in [0.29, 0.717) is 23.4 Å². The SMILES string of the molecule is CCC(C)(CCO)NC(=O)Nc1sc(C)c(C)c1C(=O)O. The number of hydrogen-bond donors (Lipinski definition) is 4. The molecule has 118 valence electrons. The number of thiophene rings is 1. The summed E-state index contributed by atoms with van der Waals surface area (Å²) in [4.78, 5) is 24.2. The Labute approximate surface area is 128 Å². The van der Waals surface area contributed by atoms with Crippen LogP contribution >= 0.6 is 11.3 Å². The zero-order chi connectivity index (χ0) is 16.2. The molecule has 2 amide bonds. The summed E-state index contributed by atoms with van der Waals surface area (Å²) in [6, 6.07) is -0.462. The van der Waals surface area contributed by atoms with Crippen molar-refractivity contribution < 1.29 is 19.8 Å². The molecule has 1 atom stereocenters. The van der Waals surface area contributed by atoms with Gasteiger partial charge in [-0.15, -0.1) is 11.3 Å². The molecule has 0 bridgehead atoms. The lowest BCUT2D eigenvalue weighted by molar-refractivity contribution is 0.0697. The number of carbonyl (C=O) groups is 2. The number of anilines is 1. The van der Waals surface area contributed by atoms with Crippen LogP contribution in [0, 0.1) is 13.8 Å². The highest BCUT2D eigenvalue weighted by molar-refractivity contribution is 7.16. The highest BCUT2D eigenvalue weighted by atomic mass is 32.1. The maximum absolute atomic E-state index is 12.1. The number of rotatable bonds is 6. The van der Waals surface area contributed by atoms with Crippen molar-refractivity contribution in [3.63, 3.8) is 0 Å². The molecule has 1 aromatic heterocycles. The number of hydrogen-bond acceptors (Lipinski definition) is 4. The van der Waals surface area contributed by atoms with E-state index in [1.165, 1.54) is 11.3 Å². The van der Waals surface area contributed by atoms with Crippen LogP contribution in [0.1, 0.15) is 47.5 Å². The van der Waals surface area contributed by atoms with Crippen molar-refractivity contribution in [1.29, 1.82) is 0 Å². The molecule has 1 heterocycles. The predicted molar refractivity (Wildman–Crippen MR) is 83.3 cm³/mol. The number of aromatic carboxylic acids is 1. The molecule has 0 aromatic carbocycles.